The van der Waals surface area contributed by atoms with Gasteiger partial charge in [-0.05, 0) is 31.4 Å². The van der Waals surface area contributed by atoms with Crippen LogP contribution in [0, 0.1) is 0 Å². The third kappa shape index (κ3) is 2.84. The molecule has 1 fully saturated rings. The molecule has 1 saturated carbocycles. The van der Waals surface area contributed by atoms with Crippen LogP contribution in [0.15, 0.2) is 41.9 Å². The van der Waals surface area contributed by atoms with Crippen molar-refractivity contribution in [1.82, 2.24) is 34.0 Å². The number of aromatic nitrogens is 6. The third-order valence-corrected chi connectivity index (χ3v) is 6.73. The number of aryl methyl sites for hydroxylation is 1. The van der Waals surface area contributed by atoms with Crippen molar-refractivity contribution < 1.29 is 4.79 Å². The van der Waals surface area contributed by atoms with Crippen LogP contribution in [0.4, 0.5) is 0 Å². The molecule has 0 spiro atoms. The summed E-state index contributed by atoms with van der Waals surface area (Å²) in [6.45, 7) is 1.91. The molecule has 2 aliphatic heterocycles. The Morgan fingerprint density at radius 2 is 2.03 bits per heavy atom. The van der Waals surface area contributed by atoms with Crippen molar-refractivity contribution in [1.29, 1.82) is 0 Å². The van der Waals surface area contributed by atoms with E-state index in [0.717, 1.165) is 46.8 Å². The van der Waals surface area contributed by atoms with Crippen molar-refractivity contribution >= 4 is 17.4 Å². The van der Waals surface area contributed by atoms with E-state index < -0.39 is 0 Å². The van der Waals surface area contributed by atoms with E-state index in [1.165, 1.54) is 12.8 Å². The first kappa shape index (κ1) is 18.7. The molecule has 3 aliphatic rings. The largest absolute Gasteiger partial charge is 0.340 e. The summed E-state index contributed by atoms with van der Waals surface area (Å²) in [7, 11) is 1.82. The molecule has 0 atom stereocenters. The second-order valence-electron chi connectivity index (χ2n) is 9.03. The van der Waals surface area contributed by atoms with E-state index in [1.807, 2.05) is 34.6 Å². The second kappa shape index (κ2) is 6.81. The lowest BCUT2D eigenvalue weighted by Gasteiger charge is -2.17. The predicted molar refractivity (Wildman–Crippen MR) is 121 cm³/mol. The van der Waals surface area contributed by atoms with E-state index in [2.05, 4.69) is 22.2 Å². The fraction of sp³-hybridized carbons (Fsp3) is 0.333. The van der Waals surface area contributed by atoms with Crippen LogP contribution >= 0.6 is 0 Å². The molecule has 9 heteroatoms. The second-order valence-corrected chi connectivity index (χ2v) is 9.03. The number of imidazole rings is 1. The molecule has 0 radical (unpaired) electrons. The lowest BCUT2D eigenvalue weighted by molar-refractivity contribution is 0.0787. The Hall–Kier alpha value is -3.88. The first-order valence-electron chi connectivity index (χ1n) is 11.4. The third-order valence-electron chi connectivity index (χ3n) is 6.73. The number of aliphatic imine (C=N–C) groups is 1. The van der Waals surface area contributed by atoms with Crippen molar-refractivity contribution in [2.45, 2.75) is 38.3 Å². The van der Waals surface area contributed by atoms with Gasteiger partial charge in [-0.1, -0.05) is 0 Å². The maximum Gasteiger partial charge on any atom is 0.274 e. The first-order chi connectivity index (χ1) is 16.2. The Labute approximate surface area is 189 Å². The summed E-state index contributed by atoms with van der Waals surface area (Å²) in [4.78, 5) is 33.8. The molecule has 4 aromatic rings. The highest BCUT2D eigenvalue weighted by Gasteiger charge is 2.33. The topological polar surface area (TPSA) is 93.6 Å². The molecule has 7 rings (SSSR count). The SMILES string of the molecule is CN1CCCn2cc(c(C3CC3)n2)C2=NCc3ncc(cc32)-c2c(nc3ncccn23)C1=O. The van der Waals surface area contributed by atoms with Gasteiger partial charge in [-0.25, -0.2) is 9.97 Å². The molecule has 1 aliphatic carbocycles. The number of pyridine rings is 1. The van der Waals surface area contributed by atoms with Gasteiger partial charge in [0.25, 0.3) is 5.91 Å². The highest BCUT2D eigenvalue weighted by atomic mass is 16.2. The number of fused-ring (bicyclic) bond motifs is 8. The number of carbonyl (C=O) groups is 1. The van der Waals surface area contributed by atoms with Gasteiger partial charge in [0.05, 0.1) is 29.3 Å². The fourth-order valence-electron chi connectivity index (χ4n) is 4.88. The smallest absolute Gasteiger partial charge is 0.274 e. The number of carbonyl (C=O) groups excluding carboxylic acids is 1. The monoisotopic (exact) mass is 438 g/mol. The lowest BCUT2D eigenvalue weighted by Crippen LogP contribution is -2.29. The zero-order chi connectivity index (χ0) is 22.1. The van der Waals surface area contributed by atoms with E-state index in [1.54, 1.807) is 11.1 Å². The fourth-order valence-corrected chi connectivity index (χ4v) is 4.88. The predicted octanol–water partition coefficient (Wildman–Crippen LogP) is 2.69. The van der Waals surface area contributed by atoms with Crippen molar-refractivity contribution in [2.75, 3.05) is 13.6 Å². The first-order valence-corrected chi connectivity index (χ1v) is 11.4. The number of nitrogens with zero attached hydrogens (tertiary/aromatic N) is 8. The van der Waals surface area contributed by atoms with Crippen LogP contribution < -0.4 is 0 Å². The molecular weight excluding hydrogens is 416 g/mol. The minimum atomic E-state index is -0.123. The van der Waals surface area contributed by atoms with Gasteiger partial charge in [0.2, 0.25) is 5.78 Å². The van der Waals surface area contributed by atoms with Crippen molar-refractivity contribution in [3.63, 3.8) is 0 Å². The minimum Gasteiger partial charge on any atom is -0.340 e. The molecule has 1 amide bonds. The Morgan fingerprint density at radius 1 is 1.12 bits per heavy atom. The van der Waals surface area contributed by atoms with E-state index in [9.17, 15) is 4.79 Å². The summed E-state index contributed by atoms with van der Waals surface area (Å²) in [5.74, 6) is 0.890. The highest BCUT2D eigenvalue weighted by Crippen LogP contribution is 2.42. The van der Waals surface area contributed by atoms with Gasteiger partial charge in [-0.3, -0.25) is 23.9 Å². The van der Waals surface area contributed by atoms with Crippen LogP contribution in [-0.4, -0.2) is 59.2 Å². The summed E-state index contributed by atoms with van der Waals surface area (Å²) < 4.78 is 3.89. The molecule has 4 bridgehead atoms. The van der Waals surface area contributed by atoms with Gasteiger partial charge in [0, 0.05) is 67.5 Å². The summed E-state index contributed by atoms with van der Waals surface area (Å²) in [6.07, 6.45) is 10.7. The maximum absolute atomic E-state index is 13.4. The van der Waals surface area contributed by atoms with E-state index in [0.29, 0.717) is 36.2 Å². The Morgan fingerprint density at radius 3 is 2.91 bits per heavy atom. The summed E-state index contributed by atoms with van der Waals surface area (Å²) >= 11 is 0. The number of amides is 1. The van der Waals surface area contributed by atoms with E-state index >= 15 is 0 Å². The summed E-state index contributed by atoms with van der Waals surface area (Å²) in [6, 6.07) is 3.94. The van der Waals surface area contributed by atoms with Gasteiger partial charge in [-0.15, -0.1) is 0 Å². The Kier molecular flexibility index (Phi) is 3.85. The Bertz CT molecular complexity index is 1480. The molecule has 0 unspecified atom stereocenters. The summed E-state index contributed by atoms with van der Waals surface area (Å²) in [5, 5.41) is 4.93. The maximum atomic E-state index is 13.4. The summed E-state index contributed by atoms with van der Waals surface area (Å²) in [5.41, 5.74) is 7.13. The van der Waals surface area contributed by atoms with Crippen LogP contribution in [0.3, 0.4) is 0 Å². The van der Waals surface area contributed by atoms with E-state index in [-0.39, 0.29) is 5.91 Å². The van der Waals surface area contributed by atoms with Crippen LogP contribution in [0.2, 0.25) is 0 Å². The van der Waals surface area contributed by atoms with Crippen molar-refractivity contribution in [3.05, 3.63) is 65.1 Å². The minimum absolute atomic E-state index is 0.123. The zero-order valence-electron chi connectivity index (χ0n) is 18.3. The highest BCUT2D eigenvalue weighted by molar-refractivity contribution is 6.16. The standard InChI is InChI=1S/C24H22N8O/c1-30-7-3-8-31-13-17(19(29-31)14-4-5-14)20-16-10-15(11-26-18(16)12-27-20)22-21(23(30)33)28-24-25-6-2-9-32(22)24/h2,6,9-11,13-14H,3-5,7-8,12H2,1H3. The quantitative estimate of drug-likeness (QED) is 0.456. The van der Waals surface area contributed by atoms with Crippen LogP contribution in [-0.2, 0) is 13.1 Å². The number of hydrogen-bond acceptors (Lipinski definition) is 6. The number of rotatable bonds is 1. The molecule has 33 heavy (non-hydrogen) atoms. The average Bonchev–Trinajstić information content (AvgIpc) is 3.28. The van der Waals surface area contributed by atoms with Gasteiger partial charge in [-0.2, -0.15) is 5.10 Å². The molecule has 6 heterocycles. The molecule has 0 aromatic carbocycles. The molecule has 9 nitrogen and oxygen atoms in total. The molecule has 164 valence electrons. The van der Waals surface area contributed by atoms with Crippen LogP contribution in [0.5, 0.6) is 0 Å². The van der Waals surface area contributed by atoms with Crippen molar-refractivity contribution in [2.24, 2.45) is 4.99 Å². The Balaban J connectivity index is 1.48. The van der Waals surface area contributed by atoms with Gasteiger partial charge in [0.15, 0.2) is 5.69 Å². The van der Waals surface area contributed by atoms with Gasteiger partial charge < -0.3 is 4.90 Å². The number of hydrogen-bond donors (Lipinski definition) is 0. The molecule has 0 saturated heterocycles. The van der Waals surface area contributed by atoms with Crippen LogP contribution in [0.25, 0.3) is 17.0 Å². The normalized spacial score (nSPS) is 17.8. The van der Waals surface area contributed by atoms with Crippen LogP contribution in [0.1, 0.15) is 58.2 Å². The van der Waals surface area contributed by atoms with Crippen molar-refractivity contribution in [3.8, 4) is 11.3 Å². The lowest BCUT2D eigenvalue weighted by atomic mass is 9.99. The van der Waals surface area contributed by atoms with Gasteiger partial charge in [0.1, 0.15) is 0 Å². The van der Waals surface area contributed by atoms with Gasteiger partial charge >= 0.3 is 0 Å². The van der Waals surface area contributed by atoms with E-state index in [4.69, 9.17) is 15.1 Å². The molecular formula is C24H22N8O. The molecule has 4 aromatic heterocycles. The molecule has 0 N–H and O–H groups in total. The zero-order valence-corrected chi connectivity index (χ0v) is 18.3. The average molecular weight is 438 g/mol.